The number of nitrogens with one attached hydrogen (secondary N) is 1. The smallest absolute Gasteiger partial charge is 0.262 e. The molecule has 0 spiro atoms. The molecule has 3 N–H and O–H groups in total. The molecule has 4 nitrogen and oxygen atoms in total. The summed E-state index contributed by atoms with van der Waals surface area (Å²) in [5.74, 6) is 0. The van der Waals surface area contributed by atoms with E-state index in [0.29, 0.717) is 10.7 Å². The summed E-state index contributed by atoms with van der Waals surface area (Å²) in [5, 5.41) is 0.327. The zero-order valence-electron chi connectivity index (χ0n) is 10.6. The molecule has 0 saturated carbocycles. The monoisotopic (exact) mass is 328 g/mol. The molecule has 0 amide bonds. The van der Waals surface area contributed by atoms with Crippen LogP contribution in [0, 0.1) is 0 Å². The predicted octanol–water partition coefficient (Wildman–Crippen LogP) is 3.44. The number of sulfonamides is 1. The van der Waals surface area contributed by atoms with Crippen molar-refractivity contribution in [3.8, 4) is 0 Å². The lowest BCUT2D eigenvalue weighted by molar-refractivity contribution is 0.601. The van der Waals surface area contributed by atoms with Gasteiger partial charge in [-0.1, -0.05) is 23.7 Å². The standard InChI is InChI=1S/C13H13ClN2O2S2/c1-19-13-5-3-2-4-12(13)16-20(17,18)9-6-7-10(14)11(15)8-9/h2-8,16H,15H2,1H3. The molecule has 20 heavy (non-hydrogen) atoms. The molecule has 0 atom stereocenters. The summed E-state index contributed by atoms with van der Waals surface area (Å²) in [7, 11) is -3.69. The number of hydrogen-bond acceptors (Lipinski definition) is 4. The van der Waals surface area contributed by atoms with Crippen LogP contribution < -0.4 is 10.5 Å². The zero-order valence-corrected chi connectivity index (χ0v) is 13.0. The Morgan fingerprint density at radius 2 is 1.90 bits per heavy atom. The van der Waals surface area contributed by atoms with Gasteiger partial charge in [-0.3, -0.25) is 4.72 Å². The van der Waals surface area contributed by atoms with E-state index in [1.165, 1.54) is 30.0 Å². The van der Waals surface area contributed by atoms with E-state index in [-0.39, 0.29) is 10.6 Å². The number of benzene rings is 2. The molecule has 7 heteroatoms. The van der Waals surface area contributed by atoms with E-state index in [1.54, 1.807) is 12.1 Å². The van der Waals surface area contributed by atoms with E-state index in [2.05, 4.69) is 4.72 Å². The quantitative estimate of drug-likeness (QED) is 0.666. The Morgan fingerprint density at radius 3 is 2.55 bits per heavy atom. The number of nitrogen functional groups attached to an aromatic ring is 1. The van der Waals surface area contributed by atoms with Crippen molar-refractivity contribution in [1.29, 1.82) is 0 Å². The Morgan fingerprint density at radius 1 is 1.20 bits per heavy atom. The zero-order chi connectivity index (χ0) is 14.8. The highest BCUT2D eigenvalue weighted by Gasteiger charge is 2.16. The Balaban J connectivity index is 2.38. The maximum absolute atomic E-state index is 12.3. The number of thioether (sulfide) groups is 1. The Kier molecular flexibility index (Phi) is 4.47. The van der Waals surface area contributed by atoms with Crippen molar-refractivity contribution in [3.63, 3.8) is 0 Å². The second-order valence-electron chi connectivity index (χ2n) is 3.99. The number of rotatable bonds is 4. The minimum atomic E-state index is -3.69. The van der Waals surface area contributed by atoms with Gasteiger partial charge < -0.3 is 5.73 Å². The van der Waals surface area contributed by atoms with Gasteiger partial charge in [0.15, 0.2) is 0 Å². The summed E-state index contributed by atoms with van der Waals surface area (Å²) in [4.78, 5) is 0.924. The third-order valence-electron chi connectivity index (χ3n) is 2.63. The highest BCUT2D eigenvalue weighted by Crippen LogP contribution is 2.28. The summed E-state index contributed by atoms with van der Waals surface area (Å²) in [6, 6.07) is 11.4. The van der Waals surface area contributed by atoms with Crippen LogP contribution in [-0.2, 0) is 10.0 Å². The maximum atomic E-state index is 12.3. The van der Waals surface area contributed by atoms with Gasteiger partial charge in [0.1, 0.15) is 0 Å². The molecule has 0 heterocycles. The molecule has 0 aliphatic rings. The first kappa shape index (κ1) is 15.0. The number of nitrogens with two attached hydrogens (primary N) is 1. The van der Waals surface area contributed by atoms with Crippen LogP contribution in [-0.4, -0.2) is 14.7 Å². The third kappa shape index (κ3) is 3.20. The number of hydrogen-bond donors (Lipinski definition) is 2. The van der Waals surface area contributed by atoms with Crippen LogP contribution >= 0.6 is 23.4 Å². The van der Waals surface area contributed by atoms with Gasteiger partial charge in [0.05, 0.1) is 21.3 Å². The fourth-order valence-electron chi connectivity index (χ4n) is 1.62. The summed E-state index contributed by atoms with van der Waals surface area (Å²) < 4.78 is 27.2. The summed E-state index contributed by atoms with van der Waals surface area (Å²) in [6.07, 6.45) is 1.88. The number of halogens is 1. The van der Waals surface area contributed by atoms with Crippen molar-refractivity contribution in [1.82, 2.24) is 0 Å². The number of para-hydroxylation sites is 1. The molecule has 0 saturated heterocycles. The van der Waals surface area contributed by atoms with E-state index >= 15 is 0 Å². The van der Waals surface area contributed by atoms with Crippen LogP contribution in [0.3, 0.4) is 0 Å². The van der Waals surface area contributed by atoms with Crippen molar-refractivity contribution in [2.45, 2.75) is 9.79 Å². The lowest BCUT2D eigenvalue weighted by atomic mass is 10.3. The van der Waals surface area contributed by atoms with Gasteiger partial charge in [-0.05, 0) is 36.6 Å². The van der Waals surface area contributed by atoms with Crippen LogP contribution in [0.1, 0.15) is 0 Å². The van der Waals surface area contributed by atoms with Crippen molar-refractivity contribution in [2.75, 3.05) is 16.7 Å². The lowest BCUT2D eigenvalue weighted by Gasteiger charge is -2.11. The molecule has 0 unspecified atom stereocenters. The van der Waals surface area contributed by atoms with Crippen molar-refractivity contribution in [3.05, 3.63) is 47.5 Å². The molecular weight excluding hydrogens is 316 g/mol. The van der Waals surface area contributed by atoms with E-state index in [9.17, 15) is 8.42 Å². The molecule has 0 aromatic heterocycles. The lowest BCUT2D eigenvalue weighted by Crippen LogP contribution is -2.13. The summed E-state index contributed by atoms with van der Waals surface area (Å²) >= 11 is 7.26. The molecule has 0 fully saturated rings. The first-order valence-corrected chi connectivity index (χ1v) is 8.73. The summed E-state index contributed by atoms with van der Waals surface area (Å²) in [5.41, 5.74) is 6.40. The second kappa shape index (κ2) is 5.95. The van der Waals surface area contributed by atoms with Crippen LogP contribution in [0.2, 0.25) is 5.02 Å². The molecular formula is C13H13ClN2O2S2. The highest BCUT2D eigenvalue weighted by molar-refractivity contribution is 7.99. The van der Waals surface area contributed by atoms with Crippen LogP contribution in [0.4, 0.5) is 11.4 Å². The fraction of sp³-hybridized carbons (Fsp3) is 0.0769. The highest BCUT2D eigenvalue weighted by atomic mass is 35.5. The van der Waals surface area contributed by atoms with Gasteiger partial charge in [-0.25, -0.2) is 8.42 Å². The van der Waals surface area contributed by atoms with Crippen LogP contribution in [0.5, 0.6) is 0 Å². The van der Waals surface area contributed by atoms with Crippen LogP contribution in [0.25, 0.3) is 0 Å². The fourth-order valence-corrected chi connectivity index (χ4v) is 3.47. The maximum Gasteiger partial charge on any atom is 0.262 e. The van der Waals surface area contributed by atoms with E-state index < -0.39 is 10.0 Å². The molecule has 0 aliphatic heterocycles. The van der Waals surface area contributed by atoms with Crippen molar-refractivity contribution >= 4 is 44.8 Å². The minimum absolute atomic E-state index is 0.0790. The molecule has 0 bridgehead atoms. The van der Waals surface area contributed by atoms with Gasteiger partial charge in [0.2, 0.25) is 0 Å². The Hall–Kier alpha value is -1.37. The molecule has 0 aliphatic carbocycles. The molecule has 106 valence electrons. The van der Waals surface area contributed by atoms with Crippen LogP contribution in [0.15, 0.2) is 52.3 Å². The van der Waals surface area contributed by atoms with Gasteiger partial charge in [-0.2, -0.15) is 0 Å². The molecule has 2 aromatic carbocycles. The first-order valence-electron chi connectivity index (χ1n) is 5.65. The van der Waals surface area contributed by atoms with Crippen molar-refractivity contribution in [2.24, 2.45) is 0 Å². The SMILES string of the molecule is CSc1ccccc1NS(=O)(=O)c1ccc(Cl)c(N)c1. The third-order valence-corrected chi connectivity index (χ3v) is 5.13. The van der Waals surface area contributed by atoms with Gasteiger partial charge in [0.25, 0.3) is 10.0 Å². The predicted molar refractivity (Wildman–Crippen MR) is 84.9 cm³/mol. The summed E-state index contributed by atoms with van der Waals surface area (Å²) in [6.45, 7) is 0. The number of anilines is 2. The van der Waals surface area contributed by atoms with E-state index in [1.807, 2.05) is 18.4 Å². The van der Waals surface area contributed by atoms with E-state index in [0.717, 1.165) is 4.90 Å². The minimum Gasteiger partial charge on any atom is -0.397 e. The molecule has 0 radical (unpaired) electrons. The largest absolute Gasteiger partial charge is 0.397 e. The van der Waals surface area contributed by atoms with Gasteiger partial charge in [0, 0.05) is 4.90 Å². The van der Waals surface area contributed by atoms with E-state index in [4.69, 9.17) is 17.3 Å². The van der Waals surface area contributed by atoms with Gasteiger partial charge in [-0.15, -0.1) is 11.8 Å². The topological polar surface area (TPSA) is 72.2 Å². The average Bonchev–Trinajstić information content (AvgIpc) is 2.42. The van der Waals surface area contributed by atoms with Gasteiger partial charge >= 0.3 is 0 Å². The molecule has 2 rings (SSSR count). The second-order valence-corrected chi connectivity index (χ2v) is 6.93. The molecule has 2 aromatic rings. The average molecular weight is 329 g/mol. The van der Waals surface area contributed by atoms with Crippen molar-refractivity contribution < 1.29 is 8.42 Å². The normalized spacial score (nSPS) is 11.3. The first-order chi connectivity index (χ1) is 9.44. The Labute approximate surface area is 127 Å². The Bertz CT molecular complexity index is 733.